The number of phenolic OH excluding ortho intramolecular Hbond substituents is 1. The number of aromatic hydroxyl groups is 1. The second-order valence-electron chi connectivity index (χ2n) is 8.94. The van der Waals surface area contributed by atoms with Crippen LogP contribution >= 0.6 is 11.6 Å². The molecular formula is C27H35ClO4. The summed E-state index contributed by atoms with van der Waals surface area (Å²) in [7, 11) is 0. The smallest absolute Gasteiger partial charge is 0.331 e. The molecule has 0 unspecified atom stereocenters. The third-order valence-corrected chi connectivity index (χ3v) is 6.37. The summed E-state index contributed by atoms with van der Waals surface area (Å²) in [6, 6.07) is 3.43. The van der Waals surface area contributed by atoms with Gasteiger partial charge < -0.3 is 14.9 Å². The number of allylic oxidation sites excluding steroid dienone is 4. The van der Waals surface area contributed by atoms with E-state index in [0.717, 1.165) is 41.7 Å². The van der Waals surface area contributed by atoms with Gasteiger partial charge >= 0.3 is 5.97 Å². The van der Waals surface area contributed by atoms with Crippen molar-refractivity contribution in [2.75, 3.05) is 0 Å². The Morgan fingerprint density at radius 3 is 2.62 bits per heavy atom. The number of carboxylic acids is 1. The van der Waals surface area contributed by atoms with Gasteiger partial charge in [0.15, 0.2) is 0 Å². The standard InChI is InChI=1S/C27H35ClO4/c1-18(2)24(28)12-11-21(26(30)31)10-6-8-19(3)9-7-14-27(5)15-13-22-17-23(29)16-20(4)25(22)32-27/h9-10,13,15-17,24,29H,1,6-8,11-12,14H2,2-5H3,(H,30,31)/t24-,27-/m1/s1. The Hall–Kier alpha value is -2.46. The Bertz CT molecular complexity index is 941. The fraction of sp³-hybridized carbons (Fsp3) is 0.444. The Labute approximate surface area is 196 Å². The van der Waals surface area contributed by atoms with Gasteiger partial charge in [0, 0.05) is 11.1 Å². The maximum absolute atomic E-state index is 11.5. The fourth-order valence-electron chi connectivity index (χ4n) is 3.72. The number of alkyl halides is 1. The van der Waals surface area contributed by atoms with E-state index in [1.165, 1.54) is 5.57 Å². The van der Waals surface area contributed by atoms with E-state index in [4.69, 9.17) is 16.3 Å². The first-order chi connectivity index (χ1) is 15.0. The van der Waals surface area contributed by atoms with Crippen LogP contribution < -0.4 is 4.74 Å². The summed E-state index contributed by atoms with van der Waals surface area (Å²) in [5, 5.41) is 19.0. The van der Waals surface area contributed by atoms with Gasteiger partial charge in [0.2, 0.25) is 0 Å². The van der Waals surface area contributed by atoms with Crippen LogP contribution in [-0.4, -0.2) is 27.2 Å². The number of hydrogen-bond acceptors (Lipinski definition) is 3. The molecule has 1 aliphatic rings. The molecule has 1 aromatic carbocycles. The lowest BCUT2D eigenvalue weighted by atomic mass is 9.93. The number of aliphatic carboxylic acids is 1. The first-order valence-corrected chi connectivity index (χ1v) is 11.5. The number of benzene rings is 1. The first kappa shape index (κ1) is 25.8. The van der Waals surface area contributed by atoms with E-state index in [1.54, 1.807) is 12.1 Å². The van der Waals surface area contributed by atoms with Crippen LogP contribution in [0.5, 0.6) is 11.5 Å². The van der Waals surface area contributed by atoms with Crippen molar-refractivity contribution in [3.8, 4) is 11.5 Å². The van der Waals surface area contributed by atoms with Gasteiger partial charge in [-0.2, -0.15) is 0 Å². The number of phenols is 1. The zero-order valence-electron chi connectivity index (χ0n) is 19.6. The Kier molecular flexibility index (Phi) is 9.21. The summed E-state index contributed by atoms with van der Waals surface area (Å²) in [5.41, 5.74) is 3.93. The lowest BCUT2D eigenvalue weighted by Crippen LogP contribution is -2.32. The molecule has 0 spiro atoms. The van der Waals surface area contributed by atoms with E-state index < -0.39 is 11.6 Å². The maximum Gasteiger partial charge on any atom is 0.331 e. The average Bonchev–Trinajstić information content (AvgIpc) is 2.70. The number of carbonyl (C=O) groups is 1. The lowest BCUT2D eigenvalue weighted by Gasteiger charge is -2.32. The molecular weight excluding hydrogens is 424 g/mol. The molecule has 0 fully saturated rings. The number of ether oxygens (including phenoxy) is 1. The quantitative estimate of drug-likeness (QED) is 0.206. The summed E-state index contributed by atoms with van der Waals surface area (Å²) in [6.07, 6.45) is 12.3. The van der Waals surface area contributed by atoms with Crippen molar-refractivity contribution in [3.63, 3.8) is 0 Å². The number of hydrogen-bond donors (Lipinski definition) is 2. The van der Waals surface area contributed by atoms with Gasteiger partial charge in [-0.05, 0) is 90.0 Å². The minimum atomic E-state index is -0.879. The molecule has 2 atom stereocenters. The highest BCUT2D eigenvalue weighted by atomic mass is 35.5. The molecule has 0 bridgehead atoms. The fourth-order valence-corrected chi connectivity index (χ4v) is 3.83. The van der Waals surface area contributed by atoms with Gasteiger partial charge in [0.05, 0.1) is 5.38 Å². The molecule has 174 valence electrons. The third kappa shape index (κ3) is 7.59. The minimum Gasteiger partial charge on any atom is -0.508 e. The van der Waals surface area contributed by atoms with Crippen LogP contribution in [0.15, 0.2) is 53.7 Å². The van der Waals surface area contributed by atoms with Crippen molar-refractivity contribution in [2.24, 2.45) is 0 Å². The maximum atomic E-state index is 11.5. The highest BCUT2D eigenvalue weighted by molar-refractivity contribution is 6.22. The third-order valence-electron chi connectivity index (χ3n) is 5.78. The number of fused-ring (bicyclic) bond motifs is 1. The van der Waals surface area contributed by atoms with Gasteiger partial charge in [0.25, 0.3) is 0 Å². The topological polar surface area (TPSA) is 66.8 Å². The highest BCUT2D eigenvalue weighted by Crippen LogP contribution is 2.38. The Morgan fingerprint density at radius 1 is 1.25 bits per heavy atom. The van der Waals surface area contributed by atoms with E-state index >= 15 is 0 Å². The monoisotopic (exact) mass is 458 g/mol. The van der Waals surface area contributed by atoms with Crippen LogP contribution in [-0.2, 0) is 4.79 Å². The summed E-state index contributed by atoms with van der Waals surface area (Å²) < 4.78 is 6.27. The molecule has 1 aromatic rings. The van der Waals surface area contributed by atoms with Crippen molar-refractivity contribution in [3.05, 3.63) is 64.8 Å². The molecule has 2 N–H and O–H groups in total. The van der Waals surface area contributed by atoms with Gasteiger partial charge in [0.1, 0.15) is 17.1 Å². The number of rotatable bonds is 11. The molecule has 0 radical (unpaired) electrons. The van der Waals surface area contributed by atoms with E-state index in [9.17, 15) is 15.0 Å². The molecule has 0 amide bonds. The predicted octanol–water partition coefficient (Wildman–Crippen LogP) is 7.35. The molecule has 5 heteroatoms. The normalized spacial score (nSPS) is 19.3. The SMILES string of the molecule is C=C(C)[C@H](Cl)CCC(=CCCC(C)=CCC[C@]1(C)C=Cc2cc(O)cc(C)c2O1)C(=O)O. The molecule has 0 aromatic heterocycles. The number of carboxylic acid groups (broad SMARTS) is 1. The first-order valence-electron chi connectivity index (χ1n) is 11.1. The largest absolute Gasteiger partial charge is 0.508 e. The van der Waals surface area contributed by atoms with Crippen LogP contribution in [0.2, 0.25) is 0 Å². The van der Waals surface area contributed by atoms with Gasteiger partial charge in [-0.15, -0.1) is 11.6 Å². The summed E-state index contributed by atoms with van der Waals surface area (Å²) in [4.78, 5) is 11.5. The van der Waals surface area contributed by atoms with Crippen LogP contribution in [0, 0.1) is 6.92 Å². The Balaban J connectivity index is 1.87. The van der Waals surface area contributed by atoms with Gasteiger partial charge in [-0.3, -0.25) is 0 Å². The molecule has 1 aliphatic heterocycles. The lowest BCUT2D eigenvalue weighted by molar-refractivity contribution is -0.132. The van der Waals surface area contributed by atoms with Crippen molar-refractivity contribution in [2.45, 2.75) is 77.2 Å². The molecule has 4 nitrogen and oxygen atoms in total. The van der Waals surface area contributed by atoms with Crippen molar-refractivity contribution < 1.29 is 19.7 Å². The van der Waals surface area contributed by atoms with Crippen LogP contribution in [0.3, 0.4) is 0 Å². The zero-order valence-corrected chi connectivity index (χ0v) is 20.3. The molecule has 32 heavy (non-hydrogen) atoms. The van der Waals surface area contributed by atoms with Crippen molar-refractivity contribution >= 4 is 23.6 Å². The van der Waals surface area contributed by atoms with Gasteiger partial charge in [-0.1, -0.05) is 36.0 Å². The Morgan fingerprint density at radius 2 is 1.97 bits per heavy atom. The average molecular weight is 459 g/mol. The predicted molar refractivity (Wildman–Crippen MR) is 133 cm³/mol. The number of aryl methyl sites for hydroxylation is 1. The molecule has 0 saturated heterocycles. The molecule has 0 saturated carbocycles. The zero-order chi connectivity index (χ0) is 23.9. The highest BCUT2D eigenvalue weighted by Gasteiger charge is 2.27. The molecule has 1 heterocycles. The van der Waals surface area contributed by atoms with Crippen LogP contribution in [0.1, 0.15) is 70.4 Å². The molecule has 2 rings (SSSR count). The van der Waals surface area contributed by atoms with Crippen LogP contribution in [0.25, 0.3) is 6.08 Å². The summed E-state index contributed by atoms with van der Waals surface area (Å²) in [6.45, 7) is 11.8. The number of halogens is 1. The second kappa shape index (κ2) is 11.4. The van der Waals surface area contributed by atoms with E-state index in [2.05, 4.69) is 26.5 Å². The van der Waals surface area contributed by atoms with Crippen molar-refractivity contribution in [1.29, 1.82) is 0 Å². The van der Waals surface area contributed by atoms with E-state index in [1.807, 2.05) is 32.1 Å². The van der Waals surface area contributed by atoms with E-state index in [0.29, 0.717) is 24.8 Å². The minimum absolute atomic E-state index is 0.196. The second-order valence-corrected chi connectivity index (χ2v) is 9.47. The van der Waals surface area contributed by atoms with Crippen molar-refractivity contribution in [1.82, 2.24) is 0 Å². The summed E-state index contributed by atoms with van der Waals surface area (Å²) >= 11 is 6.17. The summed E-state index contributed by atoms with van der Waals surface area (Å²) in [5.74, 6) is 0.191. The molecule has 0 aliphatic carbocycles. The van der Waals surface area contributed by atoms with Gasteiger partial charge in [-0.25, -0.2) is 4.79 Å². The van der Waals surface area contributed by atoms with Crippen LogP contribution in [0.4, 0.5) is 0 Å². The van der Waals surface area contributed by atoms with E-state index in [-0.39, 0.29) is 11.1 Å².